The maximum atomic E-state index is 5.76. The third-order valence-corrected chi connectivity index (χ3v) is 3.18. The molecule has 2 unspecified atom stereocenters. The van der Waals surface area contributed by atoms with Gasteiger partial charge in [-0.1, -0.05) is 24.3 Å². The molecule has 1 saturated heterocycles. The van der Waals surface area contributed by atoms with Crippen LogP contribution < -0.4 is 0 Å². The van der Waals surface area contributed by atoms with Crippen molar-refractivity contribution < 1.29 is 9.47 Å². The fourth-order valence-corrected chi connectivity index (χ4v) is 2.17. The van der Waals surface area contributed by atoms with Crippen LogP contribution in [0.4, 0.5) is 0 Å². The average Bonchev–Trinajstić information content (AvgIpc) is 2.87. The van der Waals surface area contributed by atoms with E-state index in [0.717, 1.165) is 16.5 Å². The van der Waals surface area contributed by atoms with Gasteiger partial charge in [-0.15, -0.1) is 11.6 Å². The van der Waals surface area contributed by atoms with Gasteiger partial charge in [0, 0.05) is 17.1 Å². The van der Waals surface area contributed by atoms with E-state index in [1.165, 1.54) is 0 Å². The van der Waals surface area contributed by atoms with Crippen molar-refractivity contribution in [1.82, 2.24) is 4.98 Å². The lowest BCUT2D eigenvalue weighted by molar-refractivity contribution is -0.0557. The number of ether oxygens (including phenoxy) is 2. The maximum Gasteiger partial charge on any atom is 0.186 e. The number of alkyl halides is 1. The van der Waals surface area contributed by atoms with Gasteiger partial charge in [-0.05, 0) is 6.07 Å². The molecule has 1 aromatic heterocycles. The van der Waals surface area contributed by atoms with E-state index in [1.807, 2.05) is 30.3 Å². The van der Waals surface area contributed by atoms with E-state index in [4.69, 9.17) is 21.1 Å². The van der Waals surface area contributed by atoms with Gasteiger partial charge in [-0.2, -0.15) is 0 Å². The van der Waals surface area contributed by atoms with Crippen molar-refractivity contribution in [3.63, 3.8) is 0 Å². The first-order valence-electron chi connectivity index (χ1n) is 5.55. The molecule has 2 atom stereocenters. The summed E-state index contributed by atoms with van der Waals surface area (Å²) in [4.78, 5) is 4.38. The minimum atomic E-state index is -0.350. The molecule has 17 heavy (non-hydrogen) atoms. The predicted octanol–water partition coefficient (Wildman–Crippen LogP) is 2.89. The topological polar surface area (TPSA) is 31.4 Å². The van der Waals surface area contributed by atoms with Gasteiger partial charge in [-0.25, -0.2) is 0 Å². The first-order valence-corrected chi connectivity index (χ1v) is 6.08. The molecule has 1 aliphatic rings. The lowest BCUT2D eigenvalue weighted by Crippen LogP contribution is -2.11. The van der Waals surface area contributed by atoms with E-state index in [1.54, 1.807) is 6.20 Å². The van der Waals surface area contributed by atoms with Crippen molar-refractivity contribution in [3.05, 3.63) is 42.1 Å². The fourth-order valence-electron chi connectivity index (χ4n) is 2.01. The summed E-state index contributed by atoms with van der Waals surface area (Å²) >= 11 is 5.76. The number of aromatic nitrogens is 1. The molecular weight excluding hydrogens is 238 g/mol. The Kier molecular flexibility index (Phi) is 2.97. The summed E-state index contributed by atoms with van der Waals surface area (Å²) in [7, 11) is 0. The molecule has 0 radical (unpaired) electrons. The summed E-state index contributed by atoms with van der Waals surface area (Å²) in [6.45, 7) is 0.539. The maximum absolute atomic E-state index is 5.76. The third-order valence-electron chi connectivity index (χ3n) is 2.84. The van der Waals surface area contributed by atoms with Crippen LogP contribution >= 0.6 is 11.6 Å². The molecule has 0 amide bonds. The van der Waals surface area contributed by atoms with Crippen molar-refractivity contribution in [2.24, 2.45) is 0 Å². The van der Waals surface area contributed by atoms with E-state index >= 15 is 0 Å². The molecule has 1 aliphatic heterocycles. The number of pyridine rings is 1. The number of nitrogens with zero attached hydrogens (tertiary/aromatic N) is 1. The minimum absolute atomic E-state index is 0.0272. The fraction of sp³-hybridized carbons (Fsp3) is 0.308. The number of fused-ring (bicyclic) bond motifs is 1. The Morgan fingerprint density at radius 1 is 1.29 bits per heavy atom. The molecule has 3 nitrogen and oxygen atoms in total. The summed E-state index contributed by atoms with van der Waals surface area (Å²) in [5, 5.41) is 1.09. The summed E-state index contributed by atoms with van der Waals surface area (Å²) in [6, 6.07) is 9.94. The van der Waals surface area contributed by atoms with Crippen LogP contribution in [0, 0.1) is 0 Å². The van der Waals surface area contributed by atoms with Crippen molar-refractivity contribution in [2.45, 2.75) is 12.4 Å². The minimum Gasteiger partial charge on any atom is -0.346 e. The molecule has 4 heteroatoms. The zero-order chi connectivity index (χ0) is 11.7. The first kappa shape index (κ1) is 11.0. The van der Waals surface area contributed by atoms with Crippen LogP contribution in [0.1, 0.15) is 11.9 Å². The van der Waals surface area contributed by atoms with Crippen LogP contribution in [0.5, 0.6) is 0 Å². The standard InChI is InChI=1S/C13H12ClNO2/c14-7-10-8-16-13(17-10)11-5-1-3-9-4-2-6-15-12(9)11/h1-6,10,13H,7-8H2. The monoisotopic (exact) mass is 249 g/mol. The van der Waals surface area contributed by atoms with Gasteiger partial charge < -0.3 is 9.47 Å². The Morgan fingerprint density at radius 3 is 3.00 bits per heavy atom. The van der Waals surface area contributed by atoms with E-state index in [9.17, 15) is 0 Å². The largest absolute Gasteiger partial charge is 0.346 e. The molecular formula is C13H12ClNO2. The highest BCUT2D eigenvalue weighted by atomic mass is 35.5. The number of para-hydroxylation sites is 1. The number of hydrogen-bond acceptors (Lipinski definition) is 3. The zero-order valence-electron chi connectivity index (χ0n) is 9.17. The second-order valence-electron chi connectivity index (χ2n) is 4.00. The molecule has 0 bridgehead atoms. The quantitative estimate of drug-likeness (QED) is 0.767. The summed E-state index contributed by atoms with van der Waals surface area (Å²) in [6.07, 6.45) is 1.40. The predicted molar refractivity (Wildman–Crippen MR) is 66.0 cm³/mol. The van der Waals surface area contributed by atoms with Crippen LogP contribution in [0.25, 0.3) is 10.9 Å². The Labute approximate surface area is 104 Å². The Hall–Kier alpha value is -1.16. The van der Waals surface area contributed by atoms with E-state index in [-0.39, 0.29) is 12.4 Å². The van der Waals surface area contributed by atoms with Gasteiger partial charge in [0.1, 0.15) is 0 Å². The molecule has 1 aromatic carbocycles. The van der Waals surface area contributed by atoms with E-state index < -0.39 is 0 Å². The first-order chi connectivity index (χ1) is 8.38. The lowest BCUT2D eigenvalue weighted by Gasteiger charge is -2.12. The number of hydrogen-bond donors (Lipinski definition) is 0. The highest BCUT2D eigenvalue weighted by Crippen LogP contribution is 2.31. The van der Waals surface area contributed by atoms with Gasteiger partial charge >= 0.3 is 0 Å². The van der Waals surface area contributed by atoms with Crippen LogP contribution in [0.3, 0.4) is 0 Å². The molecule has 0 aliphatic carbocycles. The molecule has 0 spiro atoms. The van der Waals surface area contributed by atoms with Crippen LogP contribution in [-0.2, 0) is 9.47 Å². The summed E-state index contributed by atoms with van der Waals surface area (Å²) in [5.41, 5.74) is 1.89. The van der Waals surface area contributed by atoms with Crippen molar-refractivity contribution in [2.75, 3.05) is 12.5 Å². The molecule has 2 aromatic rings. The lowest BCUT2D eigenvalue weighted by atomic mass is 10.1. The Bertz CT molecular complexity index is 526. The second-order valence-corrected chi connectivity index (χ2v) is 4.31. The van der Waals surface area contributed by atoms with E-state index in [0.29, 0.717) is 12.5 Å². The third kappa shape index (κ3) is 2.02. The normalized spacial score (nSPS) is 24.3. The smallest absolute Gasteiger partial charge is 0.186 e. The Morgan fingerprint density at radius 2 is 2.18 bits per heavy atom. The SMILES string of the molecule is ClCC1COC(c2cccc3cccnc23)O1. The molecule has 3 rings (SSSR count). The highest BCUT2D eigenvalue weighted by Gasteiger charge is 2.28. The number of halogens is 1. The van der Waals surface area contributed by atoms with Gasteiger partial charge in [0.15, 0.2) is 6.29 Å². The van der Waals surface area contributed by atoms with Crippen LogP contribution in [0.2, 0.25) is 0 Å². The van der Waals surface area contributed by atoms with Crippen molar-refractivity contribution in [1.29, 1.82) is 0 Å². The zero-order valence-corrected chi connectivity index (χ0v) is 9.93. The molecule has 0 saturated carbocycles. The second kappa shape index (κ2) is 4.61. The molecule has 2 heterocycles. The summed E-state index contributed by atoms with van der Waals surface area (Å²) in [5.74, 6) is 0.453. The van der Waals surface area contributed by atoms with Crippen LogP contribution in [0.15, 0.2) is 36.5 Å². The molecule has 88 valence electrons. The van der Waals surface area contributed by atoms with Crippen molar-refractivity contribution in [3.8, 4) is 0 Å². The van der Waals surface area contributed by atoms with Gasteiger partial charge in [0.2, 0.25) is 0 Å². The van der Waals surface area contributed by atoms with Crippen molar-refractivity contribution >= 4 is 22.5 Å². The van der Waals surface area contributed by atoms with Gasteiger partial charge in [0.05, 0.1) is 24.1 Å². The van der Waals surface area contributed by atoms with E-state index in [2.05, 4.69) is 4.98 Å². The average molecular weight is 250 g/mol. The van der Waals surface area contributed by atoms with Gasteiger partial charge in [-0.3, -0.25) is 4.98 Å². The number of benzene rings is 1. The molecule has 0 N–H and O–H groups in total. The Balaban J connectivity index is 2.00. The number of rotatable bonds is 2. The highest BCUT2D eigenvalue weighted by molar-refractivity contribution is 6.18. The van der Waals surface area contributed by atoms with Gasteiger partial charge in [0.25, 0.3) is 0 Å². The van der Waals surface area contributed by atoms with Crippen LogP contribution in [-0.4, -0.2) is 23.6 Å². The summed E-state index contributed by atoms with van der Waals surface area (Å²) < 4.78 is 11.3. The molecule has 1 fully saturated rings.